The van der Waals surface area contributed by atoms with Crippen LogP contribution in [0.2, 0.25) is 0 Å². The van der Waals surface area contributed by atoms with Crippen molar-refractivity contribution in [2.75, 3.05) is 13.6 Å². The normalized spacial score (nSPS) is 12.3. The van der Waals surface area contributed by atoms with Gasteiger partial charge in [0.25, 0.3) is 5.91 Å². The monoisotopic (exact) mass is 275 g/mol. The number of fused-ring (bicyclic) bond motifs is 1. The van der Waals surface area contributed by atoms with E-state index in [9.17, 15) is 9.59 Å². The Morgan fingerprint density at radius 2 is 2.15 bits per heavy atom. The molecule has 2 rings (SSSR count). The summed E-state index contributed by atoms with van der Waals surface area (Å²) in [6.07, 6.45) is 1.67. The van der Waals surface area contributed by atoms with E-state index in [-0.39, 0.29) is 12.5 Å². The fourth-order valence-corrected chi connectivity index (χ4v) is 2.15. The lowest BCUT2D eigenvalue weighted by molar-refractivity contribution is -0.141. The van der Waals surface area contributed by atoms with Gasteiger partial charge in [-0.2, -0.15) is 5.10 Å². The molecule has 0 radical (unpaired) electrons. The van der Waals surface area contributed by atoms with Crippen LogP contribution in [0.1, 0.15) is 22.8 Å². The Balaban J connectivity index is 2.31. The smallest absolute Gasteiger partial charge is 0.308 e. The number of carboxylic acids is 1. The highest BCUT2D eigenvalue weighted by molar-refractivity contribution is 6.05. The van der Waals surface area contributed by atoms with Crippen LogP contribution in [0, 0.1) is 12.8 Å². The maximum Gasteiger partial charge on any atom is 0.308 e. The van der Waals surface area contributed by atoms with E-state index < -0.39 is 11.9 Å². The first kappa shape index (κ1) is 14.0. The molecule has 6 heteroatoms. The third kappa shape index (κ3) is 2.64. The summed E-state index contributed by atoms with van der Waals surface area (Å²) in [5.74, 6) is -1.73. The topological polar surface area (TPSA) is 86.3 Å². The Bertz CT molecular complexity index is 663. The quantitative estimate of drug-likeness (QED) is 0.888. The van der Waals surface area contributed by atoms with Crippen LogP contribution in [0.15, 0.2) is 18.3 Å². The van der Waals surface area contributed by atoms with E-state index in [4.69, 9.17) is 5.11 Å². The summed E-state index contributed by atoms with van der Waals surface area (Å²) in [5, 5.41) is 16.5. The van der Waals surface area contributed by atoms with Gasteiger partial charge in [-0.15, -0.1) is 0 Å². The molecule has 1 atom stereocenters. The highest BCUT2D eigenvalue weighted by Gasteiger charge is 2.20. The fraction of sp³-hybridized carbons (Fsp3) is 0.357. The van der Waals surface area contributed by atoms with Crippen LogP contribution in [0.4, 0.5) is 0 Å². The van der Waals surface area contributed by atoms with E-state index in [1.54, 1.807) is 26.2 Å². The van der Waals surface area contributed by atoms with Gasteiger partial charge in [-0.25, -0.2) is 0 Å². The van der Waals surface area contributed by atoms with Crippen LogP contribution in [-0.4, -0.2) is 45.7 Å². The van der Waals surface area contributed by atoms with Crippen LogP contribution < -0.4 is 0 Å². The Hall–Kier alpha value is -2.37. The van der Waals surface area contributed by atoms with Crippen LogP contribution in [0.3, 0.4) is 0 Å². The zero-order valence-corrected chi connectivity index (χ0v) is 11.7. The van der Waals surface area contributed by atoms with E-state index >= 15 is 0 Å². The van der Waals surface area contributed by atoms with Gasteiger partial charge in [0.1, 0.15) is 0 Å². The molecule has 106 valence electrons. The molecule has 2 N–H and O–H groups in total. The predicted molar refractivity (Wildman–Crippen MR) is 74.6 cm³/mol. The van der Waals surface area contributed by atoms with E-state index in [0.717, 1.165) is 10.9 Å². The standard InChI is InChI=1S/C14H17N3O3/c1-8-4-10-6-15-16-12(10)11(5-8)13(18)17(3)7-9(2)14(19)20/h4-6,9H,7H2,1-3H3,(H,15,16)(H,19,20). The molecule has 6 nitrogen and oxygen atoms in total. The average Bonchev–Trinajstić information content (AvgIpc) is 2.84. The van der Waals surface area contributed by atoms with E-state index in [1.165, 1.54) is 4.90 Å². The number of benzene rings is 1. The van der Waals surface area contributed by atoms with Crippen LogP contribution in [-0.2, 0) is 4.79 Å². The van der Waals surface area contributed by atoms with Crippen LogP contribution in [0.25, 0.3) is 10.9 Å². The number of amides is 1. The minimum atomic E-state index is -0.916. The highest BCUT2D eigenvalue weighted by atomic mass is 16.4. The van der Waals surface area contributed by atoms with Gasteiger partial charge in [0.05, 0.1) is 23.2 Å². The van der Waals surface area contributed by atoms with Crippen molar-refractivity contribution in [3.05, 3.63) is 29.5 Å². The van der Waals surface area contributed by atoms with Crippen molar-refractivity contribution in [1.82, 2.24) is 15.1 Å². The van der Waals surface area contributed by atoms with Gasteiger partial charge in [-0.1, -0.05) is 6.92 Å². The summed E-state index contributed by atoms with van der Waals surface area (Å²) in [5.41, 5.74) is 2.15. The number of hydrogen-bond donors (Lipinski definition) is 2. The zero-order valence-electron chi connectivity index (χ0n) is 11.7. The number of carboxylic acid groups (broad SMARTS) is 1. The third-order valence-corrected chi connectivity index (χ3v) is 3.24. The summed E-state index contributed by atoms with van der Waals surface area (Å²) < 4.78 is 0. The molecule has 0 aliphatic rings. The summed E-state index contributed by atoms with van der Waals surface area (Å²) in [4.78, 5) is 24.7. The minimum absolute atomic E-state index is 0.164. The van der Waals surface area contributed by atoms with Crippen molar-refractivity contribution >= 4 is 22.8 Å². The van der Waals surface area contributed by atoms with Gasteiger partial charge in [0.2, 0.25) is 0 Å². The SMILES string of the molecule is Cc1cc(C(=O)N(C)CC(C)C(=O)O)c2[nH]ncc2c1. The molecule has 2 aromatic rings. The summed E-state index contributed by atoms with van der Waals surface area (Å²) >= 11 is 0. The number of nitrogens with one attached hydrogen (secondary N) is 1. The van der Waals surface area contributed by atoms with Gasteiger partial charge < -0.3 is 10.0 Å². The molecule has 0 aliphatic heterocycles. The Kier molecular flexibility index (Phi) is 3.74. The molecule has 0 aliphatic carbocycles. The molecule has 1 heterocycles. The van der Waals surface area contributed by atoms with Crippen molar-refractivity contribution in [1.29, 1.82) is 0 Å². The second-order valence-corrected chi connectivity index (χ2v) is 5.07. The number of aromatic nitrogens is 2. The maximum atomic E-state index is 12.5. The first-order chi connectivity index (χ1) is 9.40. The van der Waals surface area contributed by atoms with Gasteiger partial charge in [-0.05, 0) is 24.6 Å². The molecule has 0 fully saturated rings. The first-order valence-corrected chi connectivity index (χ1v) is 6.32. The van der Waals surface area contributed by atoms with Crippen molar-refractivity contribution in [3.8, 4) is 0 Å². The number of carbonyl (C=O) groups excluding carboxylic acids is 1. The average molecular weight is 275 g/mol. The molecule has 20 heavy (non-hydrogen) atoms. The Labute approximate surface area is 116 Å². The molecule has 0 saturated carbocycles. The first-order valence-electron chi connectivity index (χ1n) is 6.32. The minimum Gasteiger partial charge on any atom is -0.481 e. The van der Waals surface area contributed by atoms with Gasteiger partial charge in [0.15, 0.2) is 0 Å². The molecular formula is C14H17N3O3. The lowest BCUT2D eigenvalue weighted by Crippen LogP contribution is -2.33. The van der Waals surface area contributed by atoms with Crippen molar-refractivity contribution in [2.24, 2.45) is 5.92 Å². The fourth-order valence-electron chi connectivity index (χ4n) is 2.15. The second kappa shape index (κ2) is 5.32. The number of H-pyrrole nitrogens is 1. The molecular weight excluding hydrogens is 258 g/mol. The summed E-state index contributed by atoms with van der Waals surface area (Å²) in [7, 11) is 1.60. The number of aryl methyl sites for hydroxylation is 1. The second-order valence-electron chi connectivity index (χ2n) is 5.07. The number of carbonyl (C=O) groups is 2. The number of aliphatic carboxylic acids is 1. The van der Waals surface area contributed by atoms with E-state index in [2.05, 4.69) is 10.2 Å². The molecule has 0 bridgehead atoms. The highest BCUT2D eigenvalue weighted by Crippen LogP contribution is 2.20. The molecule has 0 spiro atoms. The Morgan fingerprint density at radius 1 is 1.45 bits per heavy atom. The van der Waals surface area contributed by atoms with Gasteiger partial charge >= 0.3 is 5.97 Å². The lowest BCUT2D eigenvalue weighted by atomic mass is 10.1. The van der Waals surface area contributed by atoms with Crippen molar-refractivity contribution in [2.45, 2.75) is 13.8 Å². The Morgan fingerprint density at radius 3 is 2.80 bits per heavy atom. The number of aromatic amines is 1. The largest absolute Gasteiger partial charge is 0.481 e. The van der Waals surface area contributed by atoms with Crippen LogP contribution in [0.5, 0.6) is 0 Å². The number of rotatable bonds is 4. The van der Waals surface area contributed by atoms with E-state index in [1.807, 2.05) is 13.0 Å². The van der Waals surface area contributed by atoms with Crippen molar-refractivity contribution < 1.29 is 14.7 Å². The molecule has 0 saturated heterocycles. The van der Waals surface area contributed by atoms with Crippen molar-refractivity contribution in [3.63, 3.8) is 0 Å². The zero-order chi connectivity index (χ0) is 14.9. The molecule has 1 aromatic heterocycles. The maximum absolute atomic E-state index is 12.5. The van der Waals surface area contributed by atoms with Crippen LogP contribution >= 0.6 is 0 Å². The molecule has 1 amide bonds. The lowest BCUT2D eigenvalue weighted by Gasteiger charge is -2.20. The predicted octanol–water partition coefficient (Wildman–Crippen LogP) is 1.66. The summed E-state index contributed by atoms with van der Waals surface area (Å²) in [6, 6.07) is 3.72. The van der Waals surface area contributed by atoms with Gasteiger partial charge in [-0.3, -0.25) is 14.7 Å². The third-order valence-electron chi connectivity index (χ3n) is 3.24. The molecule has 1 aromatic carbocycles. The van der Waals surface area contributed by atoms with Gasteiger partial charge in [0, 0.05) is 19.0 Å². The van der Waals surface area contributed by atoms with E-state index in [0.29, 0.717) is 11.1 Å². The summed E-state index contributed by atoms with van der Waals surface area (Å²) in [6.45, 7) is 3.65. The number of hydrogen-bond acceptors (Lipinski definition) is 3. The molecule has 1 unspecified atom stereocenters. The number of nitrogens with zero attached hydrogens (tertiary/aromatic N) is 2.